The van der Waals surface area contributed by atoms with Gasteiger partial charge in [0.2, 0.25) is 17.6 Å². The molecule has 6 nitrogen and oxygen atoms in total. The highest BCUT2D eigenvalue weighted by molar-refractivity contribution is 5.79. The zero-order valence-corrected chi connectivity index (χ0v) is 20.1. The molecular weight excluding hydrogens is 412 g/mol. The molecule has 0 radical (unpaired) electrons. The van der Waals surface area contributed by atoms with Gasteiger partial charge >= 0.3 is 0 Å². The molecular formula is C27H34N4O2. The summed E-state index contributed by atoms with van der Waals surface area (Å²) in [6.45, 7) is 10.6. The highest BCUT2D eigenvalue weighted by atomic mass is 16.5. The number of hydrogen-bond acceptors (Lipinski definition) is 5. The number of rotatable bonds is 7. The van der Waals surface area contributed by atoms with E-state index in [4.69, 9.17) is 4.52 Å². The first-order valence-corrected chi connectivity index (χ1v) is 11.9. The van der Waals surface area contributed by atoms with Gasteiger partial charge in [0.25, 0.3) is 0 Å². The van der Waals surface area contributed by atoms with Crippen LogP contribution in [-0.4, -0.2) is 34.0 Å². The number of likely N-dealkylation sites (tertiary alicyclic amines) is 1. The maximum atomic E-state index is 13.1. The van der Waals surface area contributed by atoms with E-state index in [-0.39, 0.29) is 17.9 Å². The van der Waals surface area contributed by atoms with Crippen molar-refractivity contribution in [3.63, 3.8) is 0 Å². The summed E-state index contributed by atoms with van der Waals surface area (Å²) in [5.74, 6) is 1.31. The molecule has 6 heteroatoms. The molecule has 0 spiro atoms. The lowest BCUT2D eigenvalue weighted by Crippen LogP contribution is -2.43. The van der Waals surface area contributed by atoms with Crippen molar-refractivity contribution in [3.05, 3.63) is 70.6 Å². The lowest BCUT2D eigenvalue weighted by atomic mass is 9.94. The van der Waals surface area contributed by atoms with Crippen molar-refractivity contribution in [2.75, 3.05) is 13.1 Å². The molecule has 1 fully saturated rings. The van der Waals surface area contributed by atoms with Gasteiger partial charge in [0, 0.05) is 12.1 Å². The minimum absolute atomic E-state index is 0.0299. The van der Waals surface area contributed by atoms with Crippen LogP contribution in [0.25, 0.3) is 11.4 Å². The molecule has 0 aliphatic carbocycles. The Bertz CT molecular complexity index is 1110. The van der Waals surface area contributed by atoms with Crippen LogP contribution >= 0.6 is 0 Å². The van der Waals surface area contributed by atoms with E-state index in [0.717, 1.165) is 36.9 Å². The molecule has 2 unspecified atom stereocenters. The third-order valence-electron chi connectivity index (χ3n) is 6.50. The zero-order chi connectivity index (χ0) is 23.4. The van der Waals surface area contributed by atoms with E-state index in [1.54, 1.807) is 0 Å². The number of piperidine rings is 1. The average Bonchev–Trinajstić information content (AvgIpc) is 3.26. The highest BCUT2D eigenvalue weighted by Gasteiger charge is 2.28. The van der Waals surface area contributed by atoms with Crippen LogP contribution in [-0.2, 0) is 11.3 Å². The molecule has 1 N–H and O–H groups in total. The maximum Gasteiger partial charge on any atom is 0.241 e. The Labute approximate surface area is 196 Å². The van der Waals surface area contributed by atoms with Crippen LogP contribution in [0.5, 0.6) is 0 Å². The molecule has 0 saturated carbocycles. The van der Waals surface area contributed by atoms with Gasteiger partial charge in [0.05, 0.1) is 18.5 Å². The van der Waals surface area contributed by atoms with Gasteiger partial charge in [-0.25, -0.2) is 0 Å². The molecule has 1 aliphatic heterocycles. The Hall–Kier alpha value is -2.99. The second-order valence-corrected chi connectivity index (χ2v) is 9.28. The number of aryl methyl sites for hydroxylation is 3. The van der Waals surface area contributed by atoms with Gasteiger partial charge in [0.15, 0.2) is 0 Å². The van der Waals surface area contributed by atoms with Gasteiger partial charge in [-0.1, -0.05) is 59.6 Å². The van der Waals surface area contributed by atoms with Crippen LogP contribution in [0.4, 0.5) is 0 Å². The van der Waals surface area contributed by atoms with Crippen LogP contribution < -0.4 is 5.32 Å². The Morgan fingerprint density at radius 2 is 2.00 bits per heavy atom. The monoisotopic (exact) mass is 446 g/mol. The molecule has 33 heavy (non-hydrogen) atoms. The summed E-state index contributed by atoms with van der Waals surface area (Å²) in [7, 11) is 0. The fourth-order valence-corrected chi connectivity index (χ4v) is 4.73. The Balaban J connectivity index is 1.37. The molecule has 0 bridgehead atoms. The minimum atomic E-state index is -0.0299. The quantitative estimate of drug-likeness (QED) is 0.544. The van der Waals surface area contributed by atoms with Gasteiger partial charge in [-0.3, -0.25) is 9.69 Å². The smallest absolute Gasteiger partial charge is 0.241 e. The lowest BCUT2D eigenvalue weighted by Gasteiger charge is -2.32. The number of hydrogen-bond donors (Lipinski definition) is 1. The summed E-state index contributed by atoms with van der Waals surface area (Å²) < 4.78 is 5.52. The van der Waals surface area contributed by atoms with Crippen LogP contribution in [0.15, 0.2) is 47.0 Å². The van der Waals surface area contributed by atoms with Crippen LogP contribution in [0.3, 0.4) is 0 Å². The molecule has 1 aromatic heterocycles. The summed E-state index contributed by atoms with van der Waals surface area (Å²) in [6.07, 6.45) is 2.76. The van der Waals surface area contributed by atoms with Gasteiger partial charge in [-0.15, -0.1) is 0 Å². The fourth-order valence-electron chi connectivity index (χ4n) is 4.73. The average molecular weight is 447 g/mol. The van der Waals surface area contributed by atoms with Crippen LogP contribution in [0.2, 0.25) is 0 Å². The molecule has 2 aromatic carbocycles. The second kappa shape index (κ2) is 10.3. The topological polar surface area (TPSA) is 71.3 Å². The van der Waals surface area contributed by atoms with E-state index in [1.165, 1.54) is 16.7 Å². The Morgan fingerprint density at radius 1 is 1.18 bits per heavy atom. The first kappa shape index (κ1) is 23.2. The first-order chi connectivity index (χ1) is 15.9. The molecule has 174 valence electrons. The van der Waals surface area contributed by atoms with Crippen LogP contribution in [0.1, 0.15) is 60.4 Å². The molecule has 1 saturated heterocycles. The second-order valence-electron chi connectivity index (χ2n) is 9.28. The molecule has 4 rings (SSSR count). The molecule has 2 atom stereocenters. The largest absolute Gasteiger partial charge is 0.349 e. The van der Waals surface area contributed by atoms with Crippen molar-refractivity contribution in [1.29, 1.82) is 0 Å². The van der Waals surface area contributed by atoms with Crippen molar-refractivity contribution in [3.8, 4) is 11.4 Å². The number of aromatic nitrogens is 2. The van der Waals surface area contributed by atoms with Gasteiger partial charge < -0.3 is 9.84 Å². The van der Waals surface area contributed by atoms with E-state index >= 15 is 0 Å². The van der Waals surface area contributed by atoms with Crippen molar-refractivity contribution in [2.24, 2.45) is 5.92 Å². The predicted octanol–water partition coefficient (Wildman–Crippen LogP) is 5.14. The standard InChI is InChI=1S/C27H34N4O2/c1-5-24(23-12-11-19(3)14-20(23)4)28-27(32)22-10-7-13-31(16-22)17-25-29-26(30-33-25)21-9-6-8-18(2)15-21/h6,8-9,11-12,14-15,22,24H,5,7,10,13,16-17H2,1-4H3,(H,28,32). The minimum Gasteiger partial charge on any atom is -0.349 e. The van der Waals surface area contributed by atoms with Gasteiger partial charge in [-0.2, -0.15) is 4.98 Å². The van der Waals surface area contributed by atoms with E-state index in [2.05, 4.69) is 65.4 Å². The van der Waals surface area contributed by atoms with E-state index < -0.39 is 0 Å². The van der Waals surface area contributed by atoms with Gasteiger partial charge in [0.1, 0.15) is 0 Å². The summed E-state index contributed by atoms with van der Waals surface area (Å²) in [5.41, 5.74) is 5.80. The number of carbonyl (C=O) groups excluding carboxylic acids is 1. The Morgan fingerprint density at radius 3 is 2.76 bits per heavy atom. The van der Waals surface area contributed by atoms with E-state index in [0.29, 0.717) is 24.8 Å². The normalized spacial score (nSPS) is 17.6. The third kappa shape index (κ3) is 5.69. The summed E-state index contributed by atoms with van der Waals surface area (Å²) in [5, 5.41) is 7.46. The molecule has 1 amide bonds. The van der Waals surface area contributed by atoms with Crippen molar-refractivity contribution in [1.82, 2.24) is 20.4 Å². The summed E-state index contributed by atoms with van der Waals surface area (Å²) in [6, 6.07) is 14.6. The van der Waals surface area contributed by atoms with E-state index in [9.17, 15) is 4.79 Å². The van der Waals surface area contributed by atoms with Gasteiger partial charge in [-0.05, 0) is 63.8 Å². The summed E-state index contributed by atoms with van der Waals surface area (Å²) in [4.78, 5) is 20.0. The molecule has 1 aliphatic rings. The summed E-state index contributed by atoms with van der Waals surface area (Å²) >= 11 is 0. The first-order valence-electron chi connectivity index (χ1n) is 11.9. The Kier molecular flexibility index (Phi) is 7.23. The number of carbonyl (C=O) groups is 1. The molecule has 2 heterocycles. The number of benzene rings is 2. The fraction of sp³-hybridized carbons (Fsp3) is 0.444. The number of nitrogens with one attached hydrogen (secondary N) is 1. The lowest BCUT2D eigenvalue weighted by molar-refractivity contribution is -0.127. The highest BCUT2D eigenvalue weighted by Crippen LogP contribution is 2.25. The number of nitrogens with zero attached hydrogens (tertiary/aromatic N) is 3. The zero-order valence-electron chi connectivity index (χ0n) is 20.1. The number of amides is 1. The SMILES string of the molecule is CCC(NC(=O)C1CCCN(Cc2nc(-c3cccc(C)c3)no2)C1)c1ccc(C)cc1C. The van der Waals surface area contributed by atoms with Crippen molar-refractivity contribution in [2.45, 2.75) is 59.5 Å². The van der Waals surface area contributed by atoms with Crippen molar-refractivity contribution >= 4 is 5.91 Å². The van der Waals surface area contributed by atoms with Crippen molar-refractivity contribution < 1.29 is 9.32 Å². The third-order valence-corrected chi connectivity index (χ3v) is 6.50. The predicted molar refractivity (Wildman–Crippen MR) is 130 cm³/mol. The molecule has 3 aromatic rings. The van der Waals surface area contributed by atoms with E-state index in [1.807, 2.05) is 25.1 Å². The van der Waals surface area contributed by atoms with Crippen LogP contribution in [0, 0.1) is 26.7 Å². The maximum absolute atomic E-state index is 13.1.